The number of morpholine rings is 1. The normalized spacial score (nSPS) is 13.9. The smallest absolute Gasteiger partial charge is 0.378 e. The third-order valence-electron chi connectivity index (χ3n) is 5.57. The first-order valence-electron chi connectivity index (χ1n) is 11.1. The lowest BCUT2D eigenvalue weighted by Crippen LogP contribution is -2.36. The van der Waals surface area contributed by atoms with E-state index in [2.05, 4.69) is 36.3 Å². The van der Waals surface area contributed by atoms with E-state index in [9.17, 15) is 22.8 Å². The summed E-state index contributed by atoms with van der Waals surface area (Å²) in [5.74, 6) is -1.80. The summed E-state index contributed by atoms with van der Waals surface area (Å²) in [6.45, 7) is 2.41. The number of nitrogens with zero attached hydrogens (tertiary/aromatic N) is 7. The van der Waals surface area contributed by atoms with Crippen LogP contribution in [0.15, 0.2) is 55.0 Å². The minimum absolute atomic E-state index is 0.0167. The fraction of sp³-hybridized carbons (Fsp3) is 0.208. The number of aromatic nitrogens is 5. The molecule has 3 heterocycles. The molecule has 0 saturated carbocycles. The molecule has 0 radical (unpaired) electrons. The third-order valence-corrected chi connectivity index (χ3v) is 5.57. The van der Waals surface area contributed by atoms with Crippen molar-refractivity contribution in [1.29, 1.82) is 5.26 Å². The summed E-state index contributed by atoms with van der Waals surface area (Å²) in [7, 11) is 0. The van der Waals surface area contributed by atoms with Crippen LogP contribution in [0.1, 0.15) is 11.4 Å². The molecule has 0 aliphatic carbocycles. The minimum Gasteiger partial charge on any atom is -0.378 e. The number of ether oxygens (including phenoxy) is 1. The standard InChI is InChI=1S/C24H18F4N8O/c25-20-13-30-23(32-17-1-3-18(4-2-17)36-14-31-22(34-36)24(26,27)28)33-21(20)16-9-15(12-29)10-19(11-16)35-5-7-37-8-6-35/h1-4,9-11,13-14H,5-8H2,(H,30,32,33). The van der Waals surface area contributed by atoms with Gasteiger partial charge in [-0.1, -0.05) is 0 Å². The Morgan fingerprint density at radius 3 is 2.43 bits per heavy atom. The maximum absolute atomic E-state index is 14.8. The molecule has 4 aromatic rings. The average molecular weight is 510 g/mol. The van der Waals surface area contributed by atoms with Crippen molar-refractivity contribution < 1.29 is 22.3 Å². The number of nitriles is 1. The highest BCUT2D eigenvalue weighted by Gasteiger charge is 2.35. The predicted octanol–water partition coefficient (Wildman–Crippen LogP) is 4.33. The highest BCUT2D eigenvalue weighted by Crippen LogP contribution is 2.29. The summed E-state index contributed by atoms with van der Waals surface area (Å²) >= 11 is 0. The number of hydrogen-bond acceptors (Lipinski definition) is 8. The molecule has 0 spiro atoms. The third kappa shape index (κ3) is 5.34. The Bertz CT molecular complexity index is 1460. The van der Waals surface area contributed by atoms with Crippen LogP contribution in [-0.4, -0.2) is 51.0 Å². The van der Waals surface area contributed by atoms with Crippen molar-refractivity contribution in [3.63, 3.8) is 0 Å². The topological polar surface area (TPSA) is 105 Å². The van der Waals surface area contributed by atoms with Crippen molar-refractivity contribution in [3.05, 3.63) is 72.2 Å². The molecular weight excluding hydrogens is 492 g/mol. The molecule has 1 aliphatic rings. The highest BCUT2D eigenvalue weighted by atomic mass is 19.4. The van der Waals surface area contributed by atoms with E-state index in [1.807, 2.05) is 0 Å². The molecule has 1 aliphatic heterocycles. The van der Waals surface area contributed by atoms with Crippen LogP contribution in [0.5, 0.6) is 0 Å². The van der Waals surface area contributed by atoms with E-state index in [1.165, 1.54) is 12.1 Å². The van der Waals surface area contributed by atoms with Crippen LogP contribution in [0.25, 0.3) is 16.9 Å². The molecule has 5 rings (SSSR count). The average Bonchev–Trinajstić information content (AvgIpc) is 3.42. The van der Waals surface area contributed by atoms with E-state index in [0.717, 1.165) is 22.9 Å². The zero-order valence-electron chi connectivity index (χ0n) is 19.1. The van der Waals surface area contributed by atoms with Crippen LogP contribution in [-0.2, 0) is 10.9 Å². The fourth-order valence-electron chi connectivity index (χ4n) is 3.79. The molecule has 1 saturated heterocycles. The number of hydrogen-bond donors (Lipinski definition) is 1. The highest BCUT2D eigenvalue weighted by molar-refractivity contribution is 5.70. The zero-order valence-corrected chi connectivity index (χ0v) is 19.1. The van der Waals surface area contributed by atoms with Crippen molar-refractivity contribution in [2.75, 3.05) is 36.5 Å². The van der Waals surface area contributed by atoms with E-state index < -0.39 is 17.8 Å². The molecule has 2 aromatic carbocycles. The summed E-state index contributed by atoms with van der Waals surface area (Å²) in [4.78, 5) is 13.6. The van der Waals surface area contributed by atoms with Crippen molar-refractivity contribution in [3.8, 4) is 23.0 Å². The molecule has 2 aromatic heterocycles. The number of benzene rings is 2. The van der Waals surface area contributed by atoms with Crippen LogP contribution < -0.4 is 10.2 Å². The van der Waals surface area contributed by atoms with Gasteiger partial charge in [-0.25, -0.2) is 24.0 Å². The molecule has 0 amide bonds. The van der Waals surface area contributed by atoms with E-state index >= 15 is 0 Å². The second-order valence-corrected chi connectivity index (χ2v) is 8.05. The van der Waals surface area contributed by atoms with Crippen LogP contribution >= 0.6 is 0 Å². The summed E-state index contributed by atoms with van der Waals surface area (Å²) < 4.78 is 59.4. The van der Waals surface area contributed by atoms with Gasteiger partial charge in [0.1, 0.15) is 12.0 Å². The Morgan fingerprint density at radius 2 is 1.76 bits per heavy atom. The van der Waals surface area contributed by atoms with Crippen LogP contribution in [0.4, 0.5) is 34.9 Å². The van der Waals surface area contributed by atoms with Crippen molar-refractivity contribution in [1.82, 2.24) is 24.7 Å². The number of halogens is 4. The fourth-order valence-corrected chi connectivity index (χ4v) is 3.79. The van der Waals surface area contributed by atoms with Gasteiger partial charge in [0.25, 0.3) is 5.82 Å². The van der Waals surface area contributed by atoms with E-state index in [0.29, 0.717) is 48.8 Å². The largest absolute Gasteiger partial charge is 0.453 e. The van der Waals surface area contributed by atoms with Gasteiger partial charge >= 0.3 is 6.18 Å². The van der Waals surface area contributed by atoms with E-state index in [1.54, 1.807) is 30.3 Å². The number of rotatable bonds is 5. The van der Waals surface area contributed by atoms with Gasteiger partial charge in [-0.05, 0) is 42.5 Å². The van der Waals surface area contributed by atoms with Gasteiger partial charge in [-0.15, -0.1) is 5.10 Å². The van der Waals surface area contributed by atoms with Gasteiger partial charge in [0.15, 0.2) is 5.82 Å². The first kappa shape index (κ1) is 24.1. The molecule has 188 valence electrons. The summed E-state index contributed by atoms with van der Waals surface area (Å²) in [5, 5.41) is 15.9. The lowest BCUT2D eigenvalue weighted by molar-refractivity contribution is -0.144. The Kier molecular flexibility index (Phi) is 6.41. The lowest BCUT2D eigenvalue weighted by Gasteiger charge is -2.29. The number of nitrogens with one attached hydrogen (secondary N) is 1. The molecule has 0 unspecified atom stereocenters. The zero-order chi connectivity index (χ0) is 26.0. The molecule has 0 atom stereocenters. The molecule has 13 heteroatoms. The molecule has 1 fully saturated rings. The van der Waals surface area contributed by atoms with E-state index in [4.69, 9.17) is 4.74 Å². The Labute approximate surface area is 208 Å². The summed E-state index contributed by atoms with van der Waals surface area (Å²) in [6, 6.07) is 13.4. The molecule has 37 heavy (non-hydrogen) atoms. The quantitative estimate of drug-likeness (QED) is 0.396. The molecule has 9 nitrogen and oxygen atoms in total. The van der Waals surface area contributed by atoms with Crippen molar-refractivity contribution in [2.45, 2.75) is 6.18 Å². The number of alkyl halides is 3. The van der Waals surface area contributed by atoms with Crippen LogP contribution in [0, 0.1) is 17.1 Å². The summed E-state index contributed by atoms with van der Waals surface area (Å²) in [6.07, 6.45) is -2.64. The number of anilines is 3. The van der Waals surface area contributed by atoms with E-state index in [-0.39, 0.29) is 11.6 Å². The molecule has 1 N–H and O–H groups in total. The van der Waals surface area contributed by atoms with Gasteiger partial charge in [-0.2, -0.15) is 18.4 Å². The molecular formula is C24H18F4N8O. The maximum Gasteiger partial charge on any atom is 0.453 e. The maximum atomic E-state index is 14.8. The van der Waals surface area contributed by atoms with Crippen molar-refractivity contribution >= 4 is 17.3 Å². The minimum atomic E-state index is -4.64. The van der Waals surface area contributed by atoms with Gasteiger partial charge in [-0.3, -0.25) is 0 Å². The monoisotopic (exact) mass is 510 g/mol. The van der Waals surface area contributed by atoms with Crippen LogP contribution in [0.3, 0.4) is 0 Å². The second-order valence-electron chi connectivity index (χ2n) is 8.05. The van der Waals surface area contributed by atoms with Gasteiger partial charge in [0.2, 0.25) is 5.95 Å². The first-order valence-corrected chi connectivity index (χ1v) is 11.1. The van der Waals surface area contributed by atoms with Crippen molar-refractivity contribution in [2.24, 2.45) is 0 Å². The van der Waals surface area contributed by atoms with Gasteiger partial charge in [0, 0.05) is 30.0 Å². The SMILES string of the molecule is N#Cc1cc(-c2nc(Nc3ccc(-n4cnc(C(F)(F)F)n4)cc3)ncc2F)cc(N2CCOCC2)c1. The predicted molar refractivity (Wildman–Crippen MR) is 125 cm³/mol. The lowest BCUT2D eigenvalue weighted by atomic mass is 10.1. The molecule has 0 bridgehead atoms. The second kappa shape index (κ2) is 9.82. The first-order chi connectivity index (χ1) is 17.8. The van der Waals surface area contributed by atoms with Crippen LogP contribution in [0.2, 0.25) is 0 Å². The van der Waals surface area contributed by atoms with Gasteiger partial charge < -0.3 is 15.0 Å². The Morgan fingerprint density at radius 1 is 1.00 bits per heavy atom. The Balaban J connectivity index is 1.39. The Hall–Kier alpha value is -4.57. The van der Waals surface area contributed by atoms with Gasteiger partial charge in [0.05, 0.1) is 36.7 Å². The summed E-state index contributed by atoms with van der Waals surface area (Å²) in [5.41, 5.74) is 2.44.